The van der Waals surface area contributed by atoms with Crippen LogP contribution >= 0.6 is 0 Å². The zero-order valence-corrected chi connectivity index (χ0v) is 13.9. The molecule has 1 saturated carbocycles. The number of carbonyl (C=O) groups is 1. The summed E-state index contributed by atoms with van der Waals surface area (Å²) in [5.74, 6) is 5.47. The Morgan fingerprint density at radius 1 is 1.12 bits per heavy atom. The molecule has 0 spiro atoms. The molecule has 2 aromatic carbocycles. The zero-order chi connectivity index (χ0) is 17.2. The van der Waals surface area contributed by atoms with E-state index in [9.17, 15) is 4.79 Å². The third kappa shape index (κ3) is 3.50. The summed E-state index contributed by atoms with van der Waals surface area (Å²) in [5, 5.41) is 8.78. The van der Waals surface area contributed by atoms with Crippen LogP contribution in [-0.4, -0.2) is 18.2 Å². The summed E-state index contributed by atoms with van der Waals surface area (Å²) < 4.78 is 5.65. The minimum absolute atomic E-state index is 0.0373. The number of benzene rings is 2. The number of rotatable bonds is 4. The molecule has 0 saturated heterocycles. The summed E-state index contributed by atoms with van der Waals surface area (Å²) in [5.41, 5.74) is 5.02. The van der Waals surface area contributed by atoms with Crippen molar-refractivity contribution in [3.05, 3.63) is 70.3 Å². The van der Waals surface area contributed by atoms with Crippen LogP contribution in [0.3, 0.4) is 0 Å². The van der Waals surface area contributed by atoms with Crippen molar-refractivity contribution in [2.24, 2.45) is 0 Å². The van der Waals surface area contributed by atoms with Gasteiger partial charge >= 0.3 is 5.97 Å². The number of ether oxygens (including phenoxy) is 1. The molecular weight excluding hydrogens is 300 g/mol. The van der Waals surface area contributed by atoms with Crippen molar-refractivity contribution in [3.63, 3.8) is 0 Å². The molecule has 1 N–H and O–H groups in total. The van der Waals surface area contributed by atoms with Gasteiger partial charge in [0.05, 0.1) is 12.0 Å². The molecule has 3 rings (SSSR count). The van der Waals surface area contributed by atoms with Crippen molar-refractivity contribution in [2.45, 2.75) is 31.8 Å². The summed E-state index contributed by atoms with van der Waals surface area (Å²) >= 11 is 0. The van der Waals surface area contributed by atoms with Gasteiger partial charge in [-0.3, -0.25) is 4.79 Å². The van der Waals surface area contributed by atoms with E-state index in [0.29, 0.717) is 0 Å². The van der Waals surface area contributed by atoms with Crippen LogP contribution in [0.2, 0.25) is 0 Å². The fourth-order valence-electron chi connectivity index (χ4n) is 2.97. The van der Waals surface area contributed by atoms with E-state index >= 15 is 0 Å². The van der Waals surface area contributed by atoms with Crippen LogP contribution in [0.1, 0.15) is 40.7 Å². The third-order valence-corrected chi connectivity index (χ3v) is 4.47. The molecule has 0 amide bonds. The van der Waals surface area contributed by atoms with Gasteiger partial charge in [0.25, 0.3) is 0 Å². The summed E-state index contributed by atoms with van der Waals surface area (Å²) in [6, 6.07) is 13.6. The number of carboxylic acid groups (broad SMARTS) is 1. The maximum absolute atomic E-state index is 10.7. The van der Waals surface area contributed by atoms with Gasteiger partial charge in [0.2, 0.25) is 0 Å². The predicted molar refractivity (Wildman–Crippen MR) is 92.9 cm³/mol. The highest BCUT2D eigenvalue weighted by Crippen LogP contribution is 2.49. The van der Waals surface area contributed by atoms with Crippen LogP contribution in [0.25, 0.3) is 0 Å². The van der Waals surface area contributed by atoms with Crippen molar-refractivity contribution in [2.75, 3.05) is 7.11 Å². The maximum atomic E-state index is 10.7. The van der Waals surface area contributed by atoms with Crippen LogP contribution in [-0.2, 0) is 21.6 Å². The molecule has 0 unspecified atom stereocenters. The molecule has 1 fully saturated rings. The second-order valence-corrected chi connectivity index (χ2v) is 6.25. The lowest BCUT2D eigenvalue weighted by Gasteiger charge is -2.16. The minimum Gasteiger partial charge on any atom is -0.481 e. The Morgan fingerprint density at radius 2 is 1.75 bits per heavy atom. The lowest BCUT2D eigenvalue weighted by atomic mass is 9.99. The average Bonchev–Trinajstić information content (AvgIpc) is 3.35. The molecule has 1 aliphatic carbocycles. The van der Waals surface area contributed by atoms with Gasteiger partial charge in [-0.15, -0.1) is 0 Å². The van der Waals surface area contributed by atoms with Crippen molar-refractivity contribution in [3.8, 4) is 11.8 Å². The molecule has 0 radical (unpaired) electrons. The predicted octanol–water partition coefficient (Wildman–Crippen LogP) is 3.66. The quantitative estimate of drug-likeness (QED) is 0.875. The fraction of sp³-hybridized carbons (Fsp3) is 0.286. The van der Waals surface area contributed by atoms with Crippen molar-refractivity contribution < 1.29 is 14.6 Å². The Balaban J connectivity index is 1.76. The fourth-order valence-corrected chi connectivity index (χ4v) is 2.97. The van der Waals surface area contributed by atoms with Gasteiger partial charge in [-0.05, 0) is 60.7 Å². The highest BCUT2D eigenvalue weighted by atomic mass is 16.5. The molecule has 0 aliphatic heterocycles. The van der Waals surface area contributed by atoms with Crippen molar-refractivity contribution in [1.82, 2.24) is 0 Å². The number of aryl methyl sites for hydroxylation is 1. The highest BCUT2D eigenvalue weighted by molar-refractivity contribution is 5.70. The van der Waals surface area contributed by atoms with Gasteiger partial charge in [0.15, 0.2) is 0 Å². The van der Waals surface area contributed by atoms with E-state index in [4.69, 9.17) is 9.84 Å². The topological polar surface area (TPSA) is 46.5 Å². The van der Waals surface area contributed by atoms with Gasteiger partial charge in [-0.1, -0.05) is 30.0 Å². The van der Waals surface area contributed by atoms with Gasteiger partial charge in [-0.25, -0.2) is 0 Å². The second-order valence-electron chi connectivity index (χ2n) is 6.25. The Kier molecular flexibility index (Phi) is 4.42. The van der Waals surface area contributed by atoms with Gasteiger partial charge < -0.3 is 9.84 Å². The first-order valence-corrected chi connectivity index (χ1v) is 8.01. The van der Waals surface area contributed by atoms with E-state index in [1.54, 1.807) is 7.11 Å². The third-order valence-electron chi connectivity index (χ3n) is 4.47. The lowest BCUT2D eigenvalue weighted by molar-refractivity contribution is -0.136. The Labute approximate surface area is 142 Å². The zero-order valence-electron chi connectivity index (χ0n) is 13.9. The molecule has 24 heavy (non-hydrogen) atoms. The normalized spacial score (nSPS) is 14.6. The first kappa shape index (κ1) is 16.3. The second kappa shape index (κ2) is 6.51. The van der Waals surface area contributed by atoms with E-state index in [0.717, 1.165) is 29.5 Å². The van der Waals surface area contributed by atoms with E-state index < -0.39 is 5.97 Å². The van der Waals surface area contributed by atoms with Gasteiger partial charge in [0.1, 0.15) is 0 Å². The Hall–Kier alpha value is -2.57. The molecule has 0 bridgehead atoms. The molecule has 0 aromatic heterocycles. The van der Waals surface area contributed by atoms with Crippen molar-refractivity contribution in [1.29, 1.82) is 0 Å². The van der Waals surface area contributed by atoms with Crippen LogP contribution in [0.5, 0.6) is 0 Å². The summed E-state index contributed by atoms with van der Waals surface area (Å²) in [7, 11) is 1.77. The van der Waals surface area contributed by atoms with Crippen LogP contribution < -0.4 is 0 Å². The number of carboxylic acids is 1. The molecular formula is C21H20O3. The molecule has 0 atom stereocenters. The first-order valence-electron chi connectivity index (χ1n) is 8.01. The smallest absolute Gasteiger partial charge is 0.307 e. The summed E-state index contributed by atoms with van der Waals surface area (Å²) in [6.45, 7) is 2.10. The van der Waals surface area contributed by atoms with Crippen LogP contribution in [0, 0.1) is 18.8 Å². The Bertz CT molecular complexity index is 818. The van der Waals surface area contributed by atoms with Crippen molar-refractivity contribution >= 4 is 5.97 Å². The highest BCUT2D eigenvalue weighted by Gasteiger charge is 2.45. The number of hydrogen-bond donors (Lipinski definition) is 1. The van der Waals surface area contributed by atoms with E-state index in [2.05, 4.69) is 30.9 Å². The number of methoxy groups -OCH3 is 1. The number of hydrogen-bond acceptors (Lipinski definition) is 2. The van der Waals surface area contributed by atoms with E-state index in [1.165, 1.54) is 11.1 Å². The van der Waals surface area contributed by atoms with Crippen LogP contribution in [0.15, 0.2) is 42.5 Å². The summed E-state index contributed by atoms with van der Waals surface area (Å²) in [4.78, 5) is 10.7. The lowest BCUT2D eigenvalue weighted by Crippen LogP contribution is -2.10. The Morgan fingerprint density at radius 3 is 2.29 bits per heavy atom. The molecule has 1 aliphatic rings. The average molecular weight is 320 g/mol. The van der Waals surface area contributed by atoms with E-state index in [-0.39, 0.29) is 12.0 Å². The van der Waals surface area contributed by atoms with Crippen LogP contribution in [0.4, 0.5) is 0 Å². The molecule has 2 aromatic rings. The summed E-state index contributed by atoms with van der Waals surface area (Å²) in [6.07, 6.45) is 2.20. The molecule has 3 heteroatoms. The molecule has 3 nitrogen and oxygen atoms in total. The molecule has 122 valence electrons. The largest absolute Gasteiger partial charge is 0.481 e. The SMILES string of the molecule is COC1(c2ccc(C#Cc3ccc(CC(=O)O)cc3)cc2C)CC1. The standard InChI is InChI=1S/C21H20O3/c1-15-13-17(9-10-19(15)21(24-2)11-12-21)6-3-16-4-7-18(8-5-16)14-20(22)23/h4-5,7-10,13H,11-12,14H2,1-2H3,(H,22,23). The van der Waals surface area contributed by atoms with Gasteiger partial charge in [0, 0.05) is 18.2 Å². The van der Waals surface area contributed by atoms with E-state index in [1.807, 2.05) is 30.3 Å². The first-order chi connectivity index (χ1) is 11.5. The molecule has 0 heterocycles. The maximum Gasteiger partial charge on any atom is 0.307 e. The number of aliphatic carboxylic acids is 1. The van der Waals surface area contributed by atoms with Gasteiger partial charge in [-0.2, -0.15) is 0 Å². The minimum atomic E-state index is -0.825. The monoisotopic (exact) mass is 320 g/mol.